The number of likely N-dealkylation sites (tertiary alicyclic amines) is 1. The molecular formula is C25H29N5O3. The van der Waals surface area contributed by atoms with Crippen molar-refractivity contribution < 1.29 is 14.3 Å². The van der Waals surface area contributed by atoms with E-state index in [1.54, 1.807) is 6.92 Å². The first-order chi connectivity index (χ1) is 16.0. The number of hydrogen-bond donors (Lipinski definition) is 2. The van der Waals surface area contributed by atoms with E-state index in [1.165, 1.54) is 0 Å². The summed E-state index contributed by atoms with van der Waals surface area (Å²) in [6.07, 6.45) is 3.82. The Hall–Kier alpha value is -3.68. The molecule has 0 spiro atoms. The third kappa shape index (κ3) is 4.89. The van der Waals surface area contributed by atoms with Crippen LogP contribution < -0.4 is 11.2 Å². The zero-order valence-electron chi connectivity index (χ0n) is 19.0. The molecule has 4 rings (SSSR count). The minimum Gasteiger partial charge on any atom is -0.463 e. The maximum atomic E-state index is 12.8. The normalized spacial score (nSPS) is 17.8. The molecule has 3 N–H and O–H groups in total. The molecule has 0 saturated carbocycles. The predicted octanol–water partition coefficient (Wildman–Crippen LogP) is 4.31. The van der Waals surface area contributed by atoms with Crippen LogP contribution in [0.1, 0.15) is 47.7 Å². The number of nitrogens with one attached hydrogen (secondary N) is 1. The van der Waals surface area contributed by atoms with E-state index in [0.717, 1.165) is 53.9 Å². The summed E-state index contributed by atoms with van der Waals surface area (Å²) in [5, 5.41) is 10.7. The van der Waals surface area contributed by atoms with Crippen LogP contribution in [-0.2, 0) is 9.53 Å². The van der Waals surface area contributed by atoms with Crippen LogP contribution in [0.25, 0.3) is 17.2 Å². The van der Waals surface area contributed by atoms with Gasteiger partial charge in [-0.3, -0.25) is 4.79 Å². The first-order valence-corrected chi connectivity index (χ1v) is 11.3. The fourth-order valence-electron chi connectivity index (χ4n) is 4.41. The highest BCUT2D eigenvalue weighted by Crippen LogP contribution is 2.33. The van der Waals surface area contributed by atoms with Gasteiger partial charge in [0.25, 0.3) is 5.91 Å². The Morgan fingerprint density at radius 2 is 1.97 bits per heavy atom. The van der Waals surface area contributed by atoms with Gasteiger partial charge in [0, 0.05) is 36.3 Å². The number of carbonyl (C=O) groups excluding carboxylic acids is 2. The molecular weight excluding hydrogens is 418 g/mol. The lowest BCUT2D eigenvalue weighted by Crippen LogP contribution is -2.27. The third-order valence-corrected chi connectivity index (χ3v) is 6.04. The second kappa shape index (κ2) is 9.85. The number of fused-ring (bicyclic) bond motifs is 1. The standard InChI is InChI=1S/C25H29N5O3/c1-3-33-25(32)20-14-19-13-17(7-9-22(19)27-23(15-20)28-29-26)21-8-6-18(12-16(21)2)24(31)30-10-4-5-11-30/h6-9,12-14,23,27H,3-5,10-11,15H2,1-2H3,(H2,26,28). The topological polar surface area (TPSA) is 109 Å². The Labute approximate surface area is 193 Å². The molecule has 2 aliphatic rings. The maximum absolute atomic E-state index is 12.8. The van der Waals surface area contributed by atoms with Crippen molar-refractivity contribution in [2.24, 2.45) is 16.2 Å². The monoisotopic (exact) mass is 447 g/mol. The van der Waals surface area contributed by atoms with E-state index in [4.69, 9.17) is 10.6 Å². The molecule has 8 heteroatoms. The van der Waals surface area contributed by atoms with Gasteiger partial charge in [0.2, 0.25) is 0 Å². The summed E-state index contributed by atoms with van der Waals surface area (Å²) in [5.41, 5.74) is 5.94. The van der Waals surface area contributed by atoms with Gasteiger partial charge in [-0.15, -0.1) is 5.11 Å². The van der Waals surface area contributed by atoms with Gasteiger partial charge in [-0.25, -0.2) is 4.79 Å². The Morgan fingerprint density at radius 1 is 1.18 bits per heavy atom. The number of nitrogens with zero attached hydrogens (tertiary/aromatic N) is 3. The number of nitrogens with two attached hydrogens (primary N) is 1. The molecule has 1 amide bonds. The van der Waals surface area contributed by atoms with Crippen molar-refractivity contribution in [1.29, 1.82) is 0 Å². The van der Waals surface area contributed by atoms with Gasteiger partial charge in [0.05, 0.1) is 6.61 Å². The highest BCUT2D eigenvalue weighted by atomic mass is 16.5. The van der Waals surface area contributed by atoms with Gasteiger partial charge in [-0.1, -0.05) is 17.4 Å². The number of carbonyl (C=O) groups is 2. The van der Waals surface area contributed by atoms with E-state index < -0.39 is 6.17 Å². The van der Waals surface area contributed by atoms with Gasteiger partial charge < -0.3 is 20.8 Å². The maximum Gasteiger partial charge on any atom is 0.334 e. The quantitative estimate of drug-likeness (QED) is 0.307. The number of benzene rings is 2. The van der Waals surface area contributed by atoms with E-state index in [9.17, 15) is 9.59 Å². The molecule has 1 atom stereocenters. The van der Waals surface area contributed by atoms with Crippen LogP contribution >= 0.6 is 0 Å². The molecule has 172 valence electrons. The van der Waals surface area contributed by atoms with Gasteiger partial charge in [-0.2, -0.15) is 0 Å². The fraction of sp³-hybridized carbons (Fsp3) is 0.360. The van der Waals surface area contributed by atoms with Crippen molar-refractivity contribution in [2.75, 3.05) is 25.0 Å². The number of anilines is 1. The van der Waals surface area contributed by atoms with Crippen LogP contribution in [-0.4, -0.2) is 42.6 Å². The van der Waals surface area contributed by atoms with Crippen molar-refractivity contribution in [1.82, 2.24) is 4.90 Å². The fourth-order valence-corrected chi connectivity index (χ4v) is 4.41. The molecule has 2 aromatic carbocycles. The first kappa shape index (κ1) is 22.5. The SMILES string of the molecule is CCOC(=O)C1=Cc2cc(-c3ccc(C(=O)N4CCCC4)cc3C)ccc2NC(N=NN)C1. The van der Waals surface area contributed by atoms with E-state index in [1.807, 2.05) is 54.3 Å². The smallest absolute Gasteiger partial charge is 0.334 e. The molecule has 0 radical (unpaired) electrons. The molecule has 0 aliphatic carbocycles. The lowest BCUT2D eigenvalue weighted by molar-refractivity contribution is -0.138. The average Bonchev–Trinajstić information content (AvgIpc) is 3.28. The van der Waals surface area contributed by atoms with Crippen LogP contribution in [0.4, 0.5) is 5.69 Å². The van der Waals surface area contributed by atoms with Gasteiger partial charge in [0.1, 0.15) is 6.17 Å². The molecule has 1 saturated heterocycles. The van der Waals surface area contributed by atoms with Crippen molar-refractivity contribution in [2.45, 2.75) is 39.3 Å². The largest absolute Gasteiger partial charge is 0.463 e. The molecule has 2 aromatic rings. The van der Waals surface area contributed by atoms with Crippen molar-refractivity contribution in [3.63, 3.8) is 0 Å². The minimum atomic E-state index is -0.463. The molecule has 0 aromatic heterocycles. The number of ether oxygens (including phenoxy) is 1. The summed E-state index contributed by atoms with van der Waals surface area (Å²) in [6, 6.07) is 11.8. The Kier molecular flexibility index (Phi) is 6.72. The molecule has 1 fully saturated rings. The van der Waals surface area contributed by atoms with Crippen molar-refractivity contribution in [3.05, 3.63) is 58.7 Å². The van der Waals surface area contributed by atoms with Crippen LogP contribution in [0.2, 0.25) is 0 Å². The van der Waals surface area contributed by atoms with E-state index >= 15 is 0 Å². The summed E-state index contributed by atoms with van der Waals surface area (Å²) >= 11 is 0. The molecule has 2 heterocycles. The number of aryl methyl sites for hydroxylation is 1. The van der Waals surface area contributed by atoms with Gasteiger partial charge in [0.15, 0.2) is 0 Å². The van der Waals surface area contributed by atoms with E-state index in [-0.39, 0.29) is 11.9 Å². The average molecular weight is 448 g/mol. The summed E-state index contributed by atoms with van der Waals surface area (Å²) in [6.45, 7) is 5.74. The molecule has 33 heavy (non-hydrogen) atoms. The summed E-state index contributed by atoms with van der Waals surface area (Å²) < 4.78 is 5.22. The molecule has 2 aliphatic heterocycles. The first-order valence-electron chi connectivity index (χ1n) is 11.3. The third-order valence-electron chi connectivity index (χ3n) is 6.04. The number of esters is 1. The van der Waals surface area contributed by atoms with E-state index in [2.05, 4.69) is 15.7 Å². The van der Waals surface area contributed by atoms with Gasteiger partial charge in [-0.05, 0) is 79.3 Å². The summed E-state index contributed by atoms with van der Waals surface area (Å²) in [5.74, 6) is 4.97. The lowest BCUT2D eigenvalue weighted by Gasteiger charge is -2.17. The van der Waals surface area contributed by atoms with Crippen LogP contribution in [0.15, 0.2) is 52.3 Å². The Morgan fingerprint density at radius 3 is 2.67 bits per heavy atom. The summed E-state index contributed by atoms with van der Waals surface area (Å²) in [7, 11) is 0. The Bertz CT molecular complexity index is 1120. The second-order valence-corrected chi connectivity index (χ2v) is 8.32. The van der Waals surface area contributed by atoms with E-state index in [0.29, 0.717) is 24.2 Å². The zero-order chi connectivity index (χ0) is 23.4. The number of hydrogen-bond acceptors (Lipinski definition) is 6. The molecule has 8 nitrogen and oxygen atoms in total. The molecule has 1 unspecified atom stereocenters. The highest BCUT2D eigenvalue weighted by molar-refractivity contribution is 5.97. The number of amides is 1. The summed E-state index contributed by atoms with van der Waals surface area (Å²) in [4.78, 5) is 27.1. The minimum absolute atomic E-state index is 0.0930. The van der Waals surface area contributed by atoms with Crippen LogP contribution in [0.3, 0.4) is 0 Å². The lowest BCUT2D eigenvalue weighted by atomic mass is 9.95. The van der Waals surface area contributed by atoms with Crippen molar-refractivity contribution in [3.8, 4) is 11.1 Å². The van der Waals surface area contributed by atoms with Gasteiger partial charge >= 0.3 is 5.97 Å². The van der Waals surface area contributed by atoms with Crippen LogP contribution in [0, 0.1) is 6.92 Å². The van der Waals surface area contributed by atoms with Crippen molar-refractivity contribution >= 4 is 23.6 Å². The number of rotatable bonds is 5. The Balaban J connectivity index is 1.67. The second-order valence-electron chi connectivity index (χ2n) is 8.32. The zero-order valence-corrected chi connectivity index (χ0v) is 19.0. The van der Waals surface area contributed by atoms with Crippen LogP contribution in [0.5, 0.6) is 0 Å². The predicted molar refractivity (Wildman–Crippen MR) is 127 cm³/mol. The molecule has 0 bridgehead atoms. The highest BCUT2D eigenvalue weighted by Gasteiger charge is 2.23.